The summed E-state index contributed by atoms with van der Waals surface area (Å²) in [5, 5.41) is 0. The highest BCUT2D eigenvalue weighted by molar-refractivity contribution is 8.00. The topological polar surface area (TPSA) is 20.7 Å². The van der Waals surface area contributed by atoms with Gasteiger partial charge < -0.3 is 9.55 Å². The largest absolute Gasteiger partial charge is 0.330 e. The molecule has 2 aromatic rings. The van der Waals surface area contributed by atoms with Gasteiger partial charge in [0.05, 0.1) is 11.0 Å². The normalized spacial score (nSPS) is 17.3. The zero-order chi connectivity index (χ0) is 12.9. The molecule has 0 aliphatic heterocycles. The van der Waals surface area contributed by atoms with Gasteiger partial charge in [0.2, 0.25) is 0 Å². The van der Waals surface area contributed by atoms with Crippen LogP contribution in [0.2, 0.25) is 0 Å². The molecule has 0 spiro atoms. The molecule has 0 unspecified atom stereocenters. The molecule has 0 saturated heterocycles. The molecular weight excluding hydrogens is 274 g/mol. The average Bonchev–Trinajstić information content (AvgIpc) is 3.05. The van der Waals surface area contributed by atoms with Gasteiger partial charge in [-0.3, -0.25) is 0 Å². The maximum atomic E-state index is 13.3. The second-order valence-electron chi connectivity index (χ2n) is 4.69. The Bertz CT molecular complexity index is 671. The van der Waals surface area contributed by atoms with E-state index in [4.69, 9.17) is 12.2 Å². The Kier molecular flexibility index (Phi) is 2.75. The van der Waals surface area contributed by atoms with Crippen LogP contribution in [0.15, 0.2) is 12.1 Å². The quantitative estimate of drug-likeness (QED) is 0.865. The van der Waals surface area contributed by atoms with Gasteiger partial charge in [-0.2, -0.15) is 11.8 Å². The van der Waals surface area contributed by atoms with Gasteiger partial charge in [-0.1, -0.05) is 0 Å². The van der Waals surface area contributed by atoms with Crippen LogP contribution in [-0.4, -0.2) is 20.6 Å². The van der Waals surface area contributed by atoms with E-state index in [1.165, 1.54) is 6.07 Å². The van der Waals surface area contributed by atoms with Crippen molar-refractivity contribution in [3.63, 3.8) is 0 Å². The molecule has 18 heavy (non-hydrogen) atoms. The molecule has 1 heterocycles. The van der Waals surface area contributed by atoms with Gasteiger partial charge in [0, 0.05) is 23.4 Å². The standard InChI is InChI=1S/C12H12F2N2S2/c1-18-12(2-3-12)6-16-10-5-8(14)7(13)4-9(10)15-11(16)17/h4-5H,2-3,6H2,1H3,(H,15,17). The van der Waals surface area contributed by atoms with E-state index in [1.807, 2.05) is 16.3 Å². The summed E-state index contributed by atoms with van der Waals surface area (Å²) in [6, 6.07) is 2.38. The lowest BCUT2D eigenvalue weighted by atomic mass is 10.3. The van der Waals surface area contributed by atoms with Crippen LogP contribution in [0.5, 0.6) is 0 Å². The fourth-order valence-electron chi connectivity index (χ4n) is 2.16. The van der Waals surface area contributed by atoms with Crippen LogP contribution in [-0.2, 0) is 6.54 Å². The average molecular weight is 286 g/mol. The summed E-state index contributed by atoms with van der Waals surface area (Å²) in [6.45, 7) is 0.748. The fourth-order valence-corrected chi connectivity index (χ4v) is 3.20. The molecule has 96 valence electrons. The number of nitrogens with one attached hydrogen (secondary N) is 1. The number of fused-ring (bicyclic) bond motifs is 1. The van der Waals surface area contributed by atoms with Crippen molar-refractivity contribution in [2.24, 2.45) is 0 Å². The number of hydrogen-bond acceptors (Lipinski definition) is 2. The first kappa shape index (κ1) is 12.2. The monoisotopic (exact) mass is 286 g/mol. The van der Waals surface area contributed by atoms with Gasteiger partial charge in [0.1, 0.15) is 0 Å². The Morgan fingerprint density at radius 2 is 2.06 bits per heavy atom. The van der Waals surface area contributed by atoms with Crippen molar-refractivity contribution in [3.05, 3.63) is 28.5 Å². The minimum atomic E-state index is -0.850. The first-order valence-corrected chi connectivity index (χ1v) is 7.31. The van der Waals surface area contributed by atoms with Crippen LogP contribution in [0.25, 0.3) is 11.0 Å². The van der Waals surface area contributed by atoms with Crippen molar-refractivity contribution >= 4 is 35.0 Å². The smallest absolute Gasteiger partial charge is 0.178 e. The zero-order valence-electron chi connectivity index (χ0n) is 9.80. The van der Waals surface area contributed by atoms with Gasteiger partial charge >= 0.3 is 0 Å². The number of halogens is 2. The highest BCUT2D eigenvalue weighted by Crippen LogP contribution is 2.48. The first-order valence-electron chi connectivity index (χ1n) is 5.67. The van der Waals surface area contributed by atoms with Crippen molar-refractivity contribution in [1.29, 1.82) is 0 Å². The number of benzene rings is 1. The van der Waals surface area contributed by atoms with Gasteiger partial charge in [-0.15, -0.1) is 0 Å². The molecule has 0 bridgehead atoms. The summed E-state index contributed by atoms with van der Waals surface area (Å²) >= 11 is 7.05. The van der Waals surface area contributed by atoms with Crippen molar-refractivity contribution < 1.29 is 8.78 Å². The lowest BCUT2D eigenvalue weighted by Gasteiger charge is -2.13. The molecule has 0 radical (unpaired) electrons. The fraction of sp³-hybridized carbons (Fsp3) is 0.417. The first-order chi connectivity index (χ1) is 8.54. The Morgan fingerprint density at radius 1 is 1.39 bits per heavy atom. The second kappa shape index (κ2) is 4.06. The Morgan fingerprint density at radius 3 is 2.67 bits per heavy atom. The maximum Gasteiger partial charge on any atom is 0.178 e. The third-order valence-electron chi connectivity index (χ3n) is 3.50. The molecule has 0 amide bonds. The number of rotatable bonds is 3. The SMILES string of the molecule is CSC1(Cn2c(=S)[nH]c3cc(F)c(F)cc32)CC1. The van der Waals surface area contributed by atoms with Crippen molar-refractivity contribution in [1.82, 2.24) is 9.55 Å². The van der Waals surface area contributed by atoms with Crippen molar-refractivity contribution in [3.8, 4) is 0 Å². The van der Waals surface area contributed by atoms with E-state index in [2.05, 4.69) is 11.2 Å². The molecular formula is C12H12F2N2S2. The summed E-state index contributed by atoms with van der Waals surface area (Å²) < 4.78 is 29.1. The van der Waals surface area contributed by atoms with Crippen LogP contribution in [0, 0.1) is 16.4 Å². The molecule has 1 aromatic heterocycles. The number of aromatic nitrogens is 2. The van der Waals surface area contributed by atoms with Crippen molar-refractivity contribution in [2.75, 3.05) is 6.26 Å². The highest BCUT2D eigenvalue weighted by atomic mass is 32.2. The van der Waals surface area contributed by atoms with Crippen LogP contribution in [0.1, 0.15) is 12.8 Å². The molecule has 3 rings (SSSR count). The number of nitrogens with zero attached hydrogens (tertiary/aromatic N) is 1. The lowest BCUT2D eigenvalue weighted by molar-refractivity contribution is 0.510. The third kappa shape index (κ3) is 1.87. The Labute approximate surface area is 112 Å². The third-order valence-corrected chi connectivity index (χ3v) is 5.23. The molecule has 1 aromatic carbocycles. The van der Waals surface area contributed by atoms with Crippen LogP contribution in [0.3, 0.4) is 0 Å². The molecule has 6 heteroatoms. The molecule has 1 fully saturated rings. The highest BCUT2D eigenvalue weighted by Gasteiger charge is 2.42. The molecule has 1 saturated carbocycles. The van der Waals surface area contributed by atoms with E-state index in [0.717, 1.165) is 25.5 Å². The molecule has 0 atom stereocenters. The van der Waals surface area contributed by atoms with Crippen molar-refractivity contribution in [2.45, 2.75) is 24.1 Å². The number of H-pyrrole nitrogens is 1. The van der Waals surface area contributed by atoms with E-state index in [-0.39, 0.29) is 4.75 Å². The summed E-state index contributed by atoms with van der Waals surface area (Å²) in [5.74, 6) is -1.68. The van der Waals surface area contributed by atoms with Gasteiger partial charge in [-0.05, 0) is 31.3 Å². The van der Waals surface area contributed by atoms with E-state index >= 15 is 0 Å². The van der Waals surface area contributed by atoms with Crippen LogP contribution >= 0.6 is 24.0 Å². The zero-order valence-corrected chi connectivity index (χ0v) is 11.4. The van der Waals surface area contributed by atoms with Crippen LogP contribution in [0.4, 0.5) is 8.78 Å². The van der Waals surface area contributed by atoms with Gasteiger partial charge in [-0.25, -0.2) is 8.78 Å². The number of hydrogen-bond donors (Lipinski definition) is 1. The predicted molar refractivity (Wildman–Crippen MR) is 72.5 cm³/mol. The predicted octanol–water partition coefficient (Wildman–Crippen LogP) is 3.87. The number of aromatic amines is 1. The van der Waals surface area contributed by atoms with E-state index in [9.17, 15) is 8.78 Å². The molecule has 2 nitrogen and oxygen atoms in total. The summed E-state index contributed by atoms with van der Waals surface area (Å²) in [7, 11) is 0. The van der Waals surface area contributed by atoms with E-state index in [0.29, 0.717) is 15.8 Å². The van der Waals surface area contributed by atoms with E-state index < -0.39 is 11.6 Å². The maximum absolute atomic E-state index is 13.3. The Hall–Kier alpha value is -0.880. The van der Waals surface area contributed by atoms with Crippen LogP contribution < -0.4 is 0 Å². The summed E-state index contributed by atoms with van der Waals surface area (Å²) in [4.78, 5) is 2.93. The second-order valence-corrected chi connectivity index (χ2v) is 6.35. The van der Waals surface area contributed by atoms with E-state index in [1.54, 1.807) is 0 Å². The number of imidazole rings is 1. The summed E-state index contributed by atoms with van der Waals surface area (Å²) in [5.41, 5.74) is 1.19. The number of thioether (sulfide) groups is 1. The lowest BCUT2D eigenvalue weighted by Crippen LogP contribution is -2.13. The van der Waals surface area contributed by atoms with Gasteiger partial charge in [0.15, 0.2) is 16.4 Å². The molecule has 1 aliphatic carbocycles. The Balaban J connectivity index is 2.13. The molecule has 1 N–H and O–H groups in total. The van der Waals surface area contributed by atoms with Gasteiger partial charge in [0.25, 0.3) is 0 Å². The minimum absolute atomic E-state index is 0.220. The summed E-state index contributed by atoms with van der Waals surface area (Å²) in [6.07, 6.45) is 4.37. The minimum Gasteiger partial charge on any atom is -0.330 e. The molecule has 1 aliphatic rings.